The third-order valence-electron chi connectivity index (χ3n) is 2.86. The second kappa shape index (κ2) is 6.50. The van der Waals surface area contributed by atoms with Gasteiger partial charge in [0, 0.05) is 22.5 Å². The summed E-state index contributed by atoms with van der Waals surface area (Å²) in [6.45, 7) is 1.69. The molecule has 1 aromatic carbocycles. The lowest BCUT2D eigenvalue weighted by Crippen LogP contribution is -2.14. The molecule has 0 aliphatic carbocycles. The van der Waals surface area contributed by atoms with Gasteiger partial charge in [-0.05, 0) is 30.9 Å². The fourth-order valence-electron chi connectivity index (χ4n) is 1.88. The molecule has 100 valence electrons. The van der Waals surface area contributed by atoms with Crippen LogP contribution in [0.4, 0.5) is 5.69 Å². The van der Waals surface area contributed by atoms with Gasteiger partial charge in [-0.1, -0.05) is 24.3 Å². The van der Waals surface area contributed by atoms with Crippen LogP contribution in [0, 0.1) is 0 Å². The predicted molar refractivity (Wildman–Crippen MR) is 78.3 cm³/mol. The number of hydrogen-bond donors (Lipinski definition) is 2. The zero-order chi connectivity index (χ0) is 13.7. The van der Waals surface area contributed by atoms with Gasteiger partial charge in [0.05, 0.1) is 6.10 Å². The minimum atomic E-state index is -0.589. The Morgan fingerprint density at radius 3 is 2.79 bits per heavy atom. The number of para-hydroxylation sites is 1. The van der Waals surface area contributed by atoms with Crippen molar-refractivity contribution in [3.05, 3.63) is 52.2 Å². The monoisotopic (exact) mass is 275 g/mol. The molecule has 1 amide bonds. The van der Waals surface area contributed by atoms with E-state index in [1.807, 2.05) is 41.8 Å². The first-order valence-corrected chi connectivity index (χ1v) is 7.14. The van der Waals surface area contributed by atoms with Gasteiger partial charge in [0.15, 0.2) is 0 Å². The molecular weight excluding hydrogens is 258 g/mol. The number of benzene rings is 1. The average Bonchev–Trinajstić information content (AvgIpc) is 2.90. The molecule has 0 spiro atoms. The maximum atomic E-state index is 11.9. The molecule has 1 unspecified atom stereocenters. The zero-order valence-corrected chi connectivity index (χ0v) is 11.6. The molecule has 0 bridgehead atoms. The van der Waals surface area contributed by atoms with E-state index in [2.05, 4.69) is 5.32 Å². The highest BCUT2D eigenvalue weighted by molar-refractivity contribution is 7.09. The summed E-state index contributed by atoms with van der Waals surface area (Å²) in [6.07, 6.45) is 0.614. The van der Waals surface area contributed by atoms with Gasteiger partial charge in [-0.3, -0.25) is 4.79 Å². The molecule has 0 saturated carbocycles. The van der Waals surface area contributed by atoms with Crippen LogP contribution >= 0.6 is 11.3 Å². The van der Waals surface area contributed by atoms with Crippen LogP contribution in [0.3, 0.4) is 0 Å². The normalized spacial score (nSPS) is 12.1. The minimum absolute atomic E-state index is 0.0264. The van der Waals surface area contributed by atoms with Gasteiger partial charge < -0.3 is 10.4 Å². The summed E-state index contributed by atoms with van der Waals surface area (Å²) in [6, 6.07) is 11.3. The summed E-state index contributed by atoms with van der Waals surface area (Å²) < 4.78 is 0. The first kappa shape index (κ1) is 13.8. The van der Waals surface area contributed by atoms with E-state index < -0.39 is 6.10 Å². The van der Waals surface area contributed by atoms with Crippen LogP contribution in [-0.4, -0.2) is 11.0 Å². The molecule has 2 N–H and O–H groups in total. The van der Waals surface area contributed by atoms with Gasteiger partial charge in [0.1, 0.15) is 0 Å². The number of carbonyl (C=O) groups is 1. The van der Waals surface area contributed by atoms with Crippen LogP contribution in [0.5, 0.6) is 0 Å². The van der Waals surface area contributed by atoms with Gasteiger partial charge >= 0.3 is 0 Å². The van der Waals surface area contributed by atoms with Gasteiger partial charge in [-0.25, -0.2) is 0 Å². The van der Waals surface area contributed by atoms with Crippen molar-refractivity contribution in [3.63, 3.8) is 0 Å². The standard InChI is InChI=1S/C15H17NO2S/c1-11(17)13-6-2-3-7-14(13)16-15(18)9-8-12-5-4-10-19-12/h2-7,10-11,17H,8-9H2,1H3,(H,16,18). The lowest BCUT2D eigenvalue weighted by Gasteiger charge is -2.12. The van der Waals surface area contributed by atoms with Gasteiger partial charge in [0.2, 0.25) is 5.91 Å². The second-order valence-electron chi connectivity index (χ2n) is 4.39. The molecule has 0 radical (unpaired) electrons. The number of hydrogen-bond acceptors (Lipinski definition) is 3. The lowest BCUT2D eigenvalue weighted by molar-refractivity contribution is -0.116. The molecule has 0 aliphatic heterocycles. The van der Waals surface area contributed by atoms with Crippen molar-refractivity contribution in [1.82, 2.24) is 0 Å². The van der Waals surface area contributed by atoms with E-state index in [9.17, 15) is 9.90 Å². The molecule has 1 aromatic heterocycles. The van der Waals surface area contributed by atoms with Crippen LogP contribution in [0.15, 0.2) is 41.8 Å². The molecule has 1 heterocycles. The fourth-order valence-corrected chi connectivity index (χ4v) is 2.59. The zero-order valence-electron chi connectivity index (χ0n) is 10.8. The molecule has 19 heavy (non-hydrogen) atoms. The molecule has 4 heteroatoms. The summed E-state index contributed by atoms with van der Waals surface area (Å²) in [5.41, 5.74) is 1.43. The van der Waals surface area contributed by atoms with E-state index in [0.29, 0.717) is 12.1 Å². The Bertz CT molecular complexity index is 535. The SMILES string of the molecule is CC(O)c1ccccc1NC(=O)CCc1cccs1. The van der Waals surface area contributed by atoms with Crippen LogP contribution in [-0.2, 0) is 11.2 Å². The summed E-state index contributed by atoms with van der Waals surface area (Å²) >= 11 is 1.66. The highest BCUT2D eigenvalue weighted by atomic mass is 32.1. The van der Waals surface area contributed by atoms with E-state index in [1.54, 1.807) is 18.3 Å². The Morgan fingerprint density at radius 1 is 1.32 bits per heavy atom. The molecule has 2 rings (SSSR count). The Labute approximate surface area is 116 Å². The molecule has 2 aromatic rings. The second-order valence-corrected chi connectivity index (χ2v) is 5.42. The predicted octanol–water partition coefficient (Wildman–Crippen LogP) is 3.37. The summed E-state index contributed by atoms with van der Waals surface area (Å²) in [7, 11) is 0. The number of anilines is 1. The smallest absolute Gasteiger partial charge is 0.224 e. The van der Waals surface area contributed by atoms with Crippen molar-refractivity contribution in [1.29, 1.82) is 0 Å². The Hall–Kier alpha value is -1.65. The number of carbonyl (C=O) groups excluding carboxylic acids is 1. The first-order valence-electron chi connectivity index (χ1n) is 6.26. The summed E-state index contributed by atoms with van der Waals surface area (Å²) in [4.78, 5) is 13.1. The van der Waals surface area contributed by atoms with Crippen LogP contribution in [0.1, 0.15) is 29.9 Å². The fraction of sp³-hybridized carbons (Fsp3) is 0.267. The number of rotatable bonds is 5. The lowest BCUT2D eigenvalue weighted by atomic mass is 10.1. The topological polar surface area (TPSA) is 49.3 Å². The van der Waals surface area contributed by atoms with Crippen LogP contribution in [0.2, 0.25) is 0 Å². The number of thiophene rings is 1. The highest BCUT2D eigenvalue weighted by Gasteiger charge is 2.10. The molecule has 3 nitrogen and oxygen atoms in total. The van der Waals surface area contributed by atoms with E-state index in [4.69, 9.17) is 0 Å². The van der Waals surface area contributed by atoms with Crippen molar-refractivity contribution in [2.45, 2.75) is 25.9 Å². The number of amides is 1. The van der Waals surface area contributed by atoms with Crippen molar-refractivity contribution < 1.29 is 9.90 Å². The van der Waals surface area contributed by atoms with Crippen LogP contribution in [0.25, 0.3) is 0 Å². The van der Waals surface area contributed by atoms with Crippen molar-refractivity contribution >= 4 is 22.9 Å². The largest absolute Gasteiger partial charge is 0.389 e. The van der Waals surface area contributed by atoms with Crippen molar-refractivity contribution in [2.24, 2.45) is 0 Å². The highest BCUT2D eigenvalue weighted by Crippen LogP contribution is 2.22. The minimum Gasteiger partial charge on any atom is -0.389 e. The van der Waals surface area contributed by atoms with E-state index in [0.717, 1.165) is 12.0 Å². The number of aliphatic hydroxyl groups is 1. The average molecular weight is 275 g/mol. The number of aryl methyl sites for hydroxylation is 1. The maximum Gasteiger partial charge on any atom is 0.224 e. The van der Waals surface area contributed by atoms with Crippen molar-refractivity contribution in [2.75, 3.05) is 5.32 Å². The molecule has 0 saturated heterocycles. The third-order valence-corrected chi connectivity index (χ3v) is 3.80. The third kappa shape index (κ3) is 3.91. The van der Waals surface area contributed by atoms with Gasteiger partial charge in [0.25, 0.3) is 0 Å². The molecule has 1 atom stereocenters. The molecular formula is C15H17NO2S. The molecule has 0 aliphatic rings. The first-order chi connectivity index (χ1) is 9.16. The van der Waals surface area contributed by atoms with E-state index in [1.165, 1.54) is 4.88 Å². The Morgan fingerprint density at radius 2 is 2.11 bits per heavy atom. The Kier molecular flexibility index (Phi) is 4.71. The quantitative estimate of drug-likeness (QED) is 0.879. The van der Waals surface area contributed by atoms with Gasteiger partial charge in [-0.2, -0.15) is 0 Å². The molecule has 0 fully saturated rings. The van der Waals surface area contributed by atoms with E-state index >= 15 is 0 Å². The number of aliphatic hydroxyl groups excluding tert-OH is 1. The number of nitrogens with one attached hydrogen (secondary N) is 1. The van der Waals surface area contributed by atoms with Gasteiger partial charge in [-0.15, -0.1) is 11.3 Å². The van der Waals surface area contributed by atoms with Crippen LogP contribution < -0.4 is 5.32 Å². The van der Waals surface area contributed by atoms with Crippen molar-refractivity contribution in [3.8, 4) is 0 Å². The maximum absolute atomic E-state index is 11.9. The summed E-state index contributed by atoms with van der Waals surface area (Å²) in [5.74, 6) is -0.0264. The Balaban J connectivity index is 1.95. The van der Waals surface area contributed by atoms with E-state index in [-0.39, 0.29) is 5.91 Å². The summed E-state index contributed by atoms with van der Waals surface area (Å²) in [5, 5.41) is 14.5.